The van der Waals surface area contributed by atoms with Crippen LogP contribution >= 0.6 is 15.9 Å². The molecule has 1 heteroatoms. The second kappa shape index (κ2) is 3.75. The van der Waals surface area contributed by atoms with Gasteiger partial charge in [-0.05, 0) is 18.3 Å². The molecule has 0 aromatic heterocycles. The van der Waals surface area contributed by atoms with Gasteiger partial charge >= 0.3 is 0 Å². The van der Waals surface area contributed by atoms with E-state index >= 15 is 0 Å². The van der Waals surface area contributed by atoms with Crippen molar-refractivity contribution in [3.05, 3.63) is 12.7 Å². The first-order valence-electron chi connectivity index (χ1n) is 4.07. The fraction of sp³-hybridized carbons (Fsp3) is 0.800. The molecule has 0 atom stereocenters. The average molecular weight is 219 g/mol. The lowest BCUT2D eigenvalue weighted by atomic mass is 9.81. The number of hydrogen-bond acceptors (Lipinski definition) is 0. The molecule has 0 aliphatic carbocycles. The molecular formula is C10H19Br. The third-order valence-corrected chi connectivity index (χ3v) is 1.88. The molecular weight excluding hydrogens is 200 g/mol. The molecule has 0 nitrogen and oxygen atoms in total. The first-order chi connectivity index (χ1) is 4.77. The van der Waals surface area contributed by atoms with Gasteiger partial charge in [-0.1, -0.05) is 49.7 Å². The highest BCUT2D eigenvalue weighted by atomic mass is 79.9. The lowest BCUT2D eigenvalue weighted by Crippen LogP contribution is -2.22. The highest BCUT2D eigenvalue weighted by molar-refractivity contribution is 9.10. The van der Waals surface area contributed by atoms with Crippen LogP contribution < -0.4 is 0 Å². The standard InChI is InChI=1S/C10H19Br/c1-6-7-9(2,3)8-10(4,5)11/h6H,1,7-8H2,2-5H3. The van der Waals surface area contributed by atoms with Crippen molar-refractivity contribution >= 4 is 15.9 Å². The average Bonchev–Trinajstić information content (AvgIpc) is 1.55. The molecule has 0 rings (SSSR count). The fourth-order valence-electron chi connectivity index (χ4n) is 1.60. The van der Waals surface area contributed by atoms with Crippen molar-refractivity contribution in [1.29, 1.82) is 0 Å². The highest BCUT2D eigenvalue weighted by Crippen LogP contribution is 2.35. The lowest BCUT2D eigenvalue weighted by Gasteiger charge is -2.30. The molecule has 0 N–H and O–H groups in total. The molecule has 66 valence electrons. The van der Waals surface area contributed by atoms with Crippen molar-refractivity contribution in [3.8, 4) is 0 Å². The van der Waals surface area contributed by atoms with E-state index in [0.717, 1.165) is 6.42 Å². The normalized spacial score (nSPS) is 13.2. The van der Waals surface area contributed by atoms with Crippen molar-refractivity contribution in [2.45, 2.75) is 44.9 Å². The van der Waals surface area contributed by atoms with Gasteiger partial charge in [0.2, 0.25) is 0 Å². The van der Waals surface area contributed by atoms with E-state index in [1.54, 1.807) is 0 Å². The number of allylic oxidation sites excluding steroid dienone is 1. The second-order valence-electron chi connectivity index (χ2n) is 4.55. The van der Waals surface area contributed by atoms with Gasteiger partial charge in [-0.2, -0.15) is 0 Å². The molecule has 0 amide bonds. The molecule has 0 saturated carbocycles. The minimum atomic E-state index is 0.250. The maximum absolute atomic E-state index is 3.76. The summed E-state index contributed by atoms with van der Waals surface area (Å²) in [4.78, 5) is 0. The number of halogens is 1. The summed E-state index contributed by atoms with van der Waals surface area (Å²) in [5.74, 6) is 0. The van der Waals surface area contributed by atoms with Crippen molar-refractivity contribution in [2.75, 3.05) is 0 Å². The number of alkyl halides is 1. The molecule has 0 saturated heterocycles. The van der Waals surface area contributed by atoms with Crippen molar-refractivity contribution in [3.63, 3.8) is 0 Å². The summed E-state index contributed by atoms with van der Waals surface area (Å²) in [5, 5.41) is 0. The van der Waals surface area contributed by atoms with Crippen LogP contribution in [0.15, 0.2) is 12.7 Å². The maximum Gasteiger partial charge on any atom is 0.0206 e. The predicted octanol–water partition coefficient (Wildman–Crippen LogP) is 4.15. The van der Waals surface area contributed by atoms with Gasteiger partial charge in [-0.3, -0.25) is 0 Å². The Morgan fingerprint density at radius 3 is 2.00 bits per heavy atom. The van der Waals surface area contributed by atoms with Crippen molar-refractivity contribution in [1.82, 2.24) is 0 Å². The molecule has 0 heterocycles. The fourth-order valence-corrected chi connectivity index (χ4v) is 2.36. The van der Waals surface area contributed by atoms with Crippen molar-refractivity contribution < 1.29 is 0 Å². The number of rotatable bonds is 4. The topological polar surface area (TPSA) is 0 Å². The van der Waals surface area contributed by atoms with Crippen LogP contribution in [0, 0.1) is 5.41 Å². The van der Waals surface area contributed by atoms with Gasteiger partial charge in [0.15, 0.2) is 0 Å². The molecule has 0 aliphatic heterocycles. The van der Waals surface area contributed by atoms with Crippen LogP contribution in [-0.4, -0.2) is 4.32 Å². The minimum Gasteiger partial charge on any atom is -0.103 e. The number of hydrogen-bond donors (Lipinski definition) is 0. The largest absolute Gasteiger partial charge is 0.103 e. The van der Waals surface area contributed by atoms with E-state index in [9.17, 15) is 0 Å². The SMILES string of the molecule is C=CCC(C)(C)CC(C)(C)Br. The zero-order chi connectivity index (χ0) is 9.12. The Labute approximate surface area is 79.2 Å². The summed E-state index contributed by atoms with van der Waals surface area (Å²) in [5.41, 5.74) is 0.370. The van der Waals surface area contributed by atoms with Gasteiger partial charge in [0.05, 0.1) is 0 Å². The van der Waals surface area contributed by atoms with Gasteiger partial charge in [-0.15, -0.1) is 6.58 Å². The molecule has 0 aromatic rings. The van der Waals surface area contributed by atoms with Crippen molar-refractivity contribution in [2.24, 2.45) is 5.41 Å². The summed E-state index contributed by atoms with van der Waals surface area (Å²) in [7, 11) is 0. The molecule has 0 spiro atoms. The van der Waals surface area contributed by atoms with Crippen LogP contribution in [0.2, 0.25) is 0 Å². The van der Waals surface area contributed by atoms with E-state index in [1.165, 1.54) is 6.42 Å². The zero-order valence-electron chi connectivity index (χ0n) is 8.08. The van der Waals surface area contributed by atoms with E-state index in [1.807, 2.05) is 6.08 Å². The Morgan fingerprint density at radius 1 is 1.27 bits per heavy atom. The highest BCUT2D eigenvalue weighted by Gasteiger charge is 2.25. The van der Waals surface area contributed by atoms with Crippen LogP contribution in [-0.2, 0) is 0 Å². The van der Waals surface area contributed by atoms with Gasteiger partial charge in [0, 0.05) is 4.32 Å². The second-order valence-corrected chi connectivity index (χ2v) is 6.70. The van der Waals surface area contributed by atoms with Crippen LogP contribution in [0.3, 0.4) is 0 Å². The quantitative estimate of drug-likeness (QED) is 0.492. The Bertz CT molecular complexity index is 128. The van der Waals surface area contributed by atoms with Gasteiger partial charge < -0.3 is 0 Å². The summed E-state index contributed by atoms with van der Waals surface area (Å²) in [6.45, 7) is 12.7. The third kappa shape index (κ3) is 6.61. The van der Waals surface area contributed by atoms with Crippen LogP contribution in [0.25, 0.3) is 0 Å². The maximum atomic E-state index is 3.76. The molecule has 0 aliphatic rings. The first-order valence-corrected chi connectivity index (χ1v) is 4.86. The first kappa shape index (κ1) is 11.2. The van der Waals surface area contributed by atoms with E-state index in [-0.39, 0.29) is 4.32 Å². The third-order valence-electron chi connectivity index (χ3n) is 1.60. The van der Waals surface area contributed by atoms with Gasteiger partial charge in [-0.25, -0.2) is 0 Å². The molecule has 0 bridgehead atoms. The van der Waals surface area contributed by atoms with Crippen LogP contribution in [0.5, 0.6) is 0 Å². The molecule has 0 aromatic carbocycles. The van der Waals surface area contributed by atoms with Crippen LogP contribution in [0.1, 0.15) is 40.5 Å². The summed E-state index contributed by atoms with van der Waals surface area (Å²) < 4.78 is 0.250. The Morgan fingerprint density at radius 2 is 1.73 bits per heavy atom. The zero-order valence-corrected chi connectivity index (χ0v) is 9.66. The Balaban J connectivity index is 4.00. The Hall–Kier alpha value is 0.220. The summed E-state index contributed by atoms with van der Waals surface area (Å²) >= 11 is 3.65. The predicted molar refractivity (Wildman–Crippen MR) is 56.2 cm³/mol. The lowest BCUT2D eigenvalue weighted by molar-refractivity contribution is 0.310. The molecule has 11 heavy (non-hydrogen) atoms. The van der Waals surface area contributed by atoms with E-state index in [4.69, 9.17) is 0 Å². The van der Waals surface area contributed by atoms with E-state index in [2.05, 4.69) is 50.2 Å². The monoisotopic (exact) mass is 218 g/mol. The van der Waals surface area contributed by atoms with E-state index < -0.39 is 0 Å². The van der Waals surface area contributed by atoms with Crippen LogP contribution in [0.4, 0.5) is 0 Å². The minimum absolute atomic E-state index is 0.250. The molecule has 0 unspecified atom stereocenters. The van der Waals surface area contributed by atoms with E-state index in [0.29, 0.717) is 5.41 Å². The van der Waals surface area contributed by atoms with Gasteiger partial charge in [0.25, 0.3) is 0 Å². The Kier molecular flexibility index (Phi) is 3.83. The smallest absolute Gasteiger partial charge is 0.0206 e. The molecule has 0 radical (unpaired) electrons. The summed E-state index contributed by atoms with van der Waals surface area (Å²) in [6, 6.07) is 0. The van der Waals surface area contributed by atoms with Gasteiger partial charge in [0.1, 0.15) is 0 Å². The molecule has 0 fully saturated rings. The summed E-state index contributed by atoms with van der Waals surface area (Å²) in [6.07, 6.45) is 4.26.